The molecular formula is C9H20N2O4S. The summed E-state index contributed by atoms with van der Waals surface area (Å²) in [7, 11) is -3.13. The fourth-order valence-electron chi connectivity index (χ4n) is 1.89. The molecule has 1 rings (SSSR count). The van der Waals surface area contributed by atoms with Crippen LogP contribution in [0, 0.1) is 0 Å². The Bertz CT molecular complexity index is 299. The molecule has 16 heavy (non-hydrogen) atoms. The Kier molecular flexibility index (Phi) is 5.13. The molecule has 0 aromatic carbocycles. The van der Waals surface area contributed by atoms with Crippen LogP contribution < -0.4 is 4.72 Å². The Morgan fingerprint density at radius 2 is 2.00 bits per heavy atom. The number of piperidine rings is 1. The molecular weight excluding hydrogens is 232 g/mol. The molecule has 96 valence electrons. The molecule has 0 bridgehead atoms. The van der Waals surface area contributed by atoms with E-state index >= 15 is 0 Å². The molecule has 3 N–H and O–H groups in total. The first-order valence-corrected chi connectivity index (χ1v) is 7.28. The Hall–Kier alpha value is -0.210. The smallest absolute Gasteiger partial charge is 0.208 e. The van der Waals surface area contributed by atoms with Gasteiger partial charge in [-0.15, -0.1) is 0 Å². The highest BCUT2D eigenvalue weighted by molar-refractivity contribution is 7.88. The van der Waals surface area contributed by atoms with E-state index in [2.05, 4.69) is 4.72 Å². The molecule has 1 saturated heterocycles. The van der Waals surface area contributed by atoms with Crippen molar-refractivity contribution in [2.45, 2.75) is 25.0 Å². The lowest BCUT2D eigenvalue weighted by molar-refractivity contribution is 0.0509. The van der Waals surface area contributed by atoms with Crippen molar-refractivity contribution in [1.82, 2.24) is 9.62 Å². The number of β-amino-alcohol motifs (C(OH)–C–C–N with tert-alkyl or cyclic N) is 1. The van der Waals surface area contributed by atoms with Gasteiger partial charge in [0.25, 0.3) is 0 Å². The summed E-state index contributed by atoms with van der Waals surface area (Å²) in [6.45, 7) is 1.69. The number of sulfonamides is 1. The van der Waals surface area contributed by atoms with E-state index in [0.29, 0.717) is 6.54 Å². The number of hydrogen-bond donors (Lipinski definition) is 3. The second-order valence-corrected chi connectivity index (χ2v) is 6.08. The van der Waals surface area contributed by atoms with Crippen molar-refractivity contribution in [3.63, 3.8) is 0 Å². The summed E-state index contributed by atoms with van der Waals surface area (Å²) in [5.74, 6) is 0. The summed E-state index contributed by atoms with van der Waals surface area (Å²) in [4.78, 5) is 2.03. The number of aliphatic hydroxyl groups is 2. The van der Waals surface area contributed by atoms with Crippen LogP contribution in [0.2, 0.25) is 0 Å². The second-order valence-electron chi connectivity index (χ2n) is 4.30. The summed E-state index contributed by atoms with van der Waals surface area (Å²) >= 11 is 0. The summed E-state index contributed by atoms with van der Waals surface area (Å²) in [5, 5.41) is 18.0. The van der Waals surface area contributed by atoms with E-state index in [9.17, 15) is 13.5 Å². The Balaban J connectivity index is 2.29. The molecule has 7 heteroatoms. The standard InChI is InChI=1S/C9H20N2O4S/c1-16(14,15)10-8-2-4-11(5-3-8)6-9(13)7-12/h8-10,12-13H,2-7H2,1H3/t9-/m0/s1. The van der Waals surface area contributed by atoms with Gasteiger partial charge < -0.3 is 15.1 Å². The van der Waals surface area contributed by atoms with Gasteiger partial charge in [0, 0.05) is 12.6 Å². The van der Waals surface area contributed by atoms with Gasteiger partial charge >= 0.3 is 0 Å². The highest BCUT2D eigenvalue weighted by Crippen LogP contribution is 2.11. The monoisotopic (exact) mass is 252 g/mol. The number of rotatable bonds is 5. The van der Waals surface area contributed by atoms with Crippen molar-refractivity contribution in [3.05, 3.63) is 0 Å². The Morgan fingerprint density at radius 3 is 2.44 bits per heavy atom. The average Bonchev–Trinajstić information content (AvgIpc) is 2.18. The van der Waals surface area contributed by atoms with Crippen LogP contribution in [-0.2, 0) is 10.0 Å². The maximum Gasteiger partial charge on any atom is 0.208 e. The zero-order valence-electron chi connectivity index (χ0n) is 9.46. The van der Waals surface area contributed by atoms with Gasteiger partial charge in [0.05, 0.1) is 19.0 Å². The molecule has 0 aromatic heterocycles. The zero-order valence-corrected chi connectivity index (χ0v) is 10.3. The summed E-state index contributed by atoms with van der Waals surface area (Å²) in [6, 6.07) is -0.00230. The van der Waals surface area contributed by atoms with Crippen molar-refractivity contribution in [1.29, 1.82) is 0 Å². The lowest BCUT2D eigenvalue weighted by Crippen LogP contribution is -2.46. The molecule has 0 aromatic rings. The third-order valence-corrected chi connectivity index (χ3v) is 3.41. The summed E-state index contributed by atoms with van der Waals surface area (Å²) in [6.07, 6.45) is 1.94. The molecule has 1 atom stereocenters. The normalized spacial score (nSPS) is 22.2. The molecule has 0 saturated carbocycles. The van der Waals surface area contributed by atoms with Gasteiger partial charge in [0.15, 0.2) is 0 Å². The molecule has 1 heterocycles. The number of nitrogens with zero attached hydrogens (tertiary/aromatic N) is 1. The van der Waals surface area contributed by atoms with Gasteiger partial charge in [-0.05, 0) is 25.9 Å². The van der Waals surface area contributed by atoms with Crippen LogP contribution in [0.15, 0.2) is 0 Å². The van der Waals surface area contributed by atoms with Gasteiger partial charge in [-0.1, -0.05) is 0 Å². The molecule has 0 radical (unpaired) electrons. The highest BCUT2D eigenvalue weighted by atomic mass is 32.2. The number of hydrogen-bond acceptors (Lipinski definition) is 5. The van der Waals surface area contributed by atoms with Crippen LogP contribution in [0.5, 0.6) is 0 Å². The topological polar surface area (TPSA) is 89.9 Å². The van der Waals surface area contributed by atoms with Crippen molar-refractivity contribution in [2.75, 3.05) is 32.5 Å². The van der Waals surface area contributed by atoms with Crippen LogP contribution in [0.4, 0.5) is 0 Å². The van der Waals surface area contributed by atoms with Gasteiger partial charge in [-0.3, -0.25) is 0 Å². The number of aliphatic hydroxyl groups excluding tert-OH is 2. The van der Waals surface area contributed by atoms with Crippen molar-refractivity contribution in [3.8, 4) is 0 Å². The largest absolute Gasteiger partial charge is 0.394 e. The Morgan fingerprint density at radius 1 is 1.44 bits per heavy atom. The van der Waals surface area contributed by atoms with Crippen LogP contribution in [0.1, 0.15) is 12.8 Å². The van der Waals surface area contributed by atoms with Gasteiger partial charge in [0.1, 0.15) is 0 Å². The van der Waals surface area contributed by atoms with E-state index in [1.165, 1.54) is 0 Å². The SMILES string of the molecule is CS(=O)(=O)NC1CCN(C[C@H](O)CO)CC1. The third kappa shape index (κ3) is 5.22. The van der Waals surface area contributed by atoms with Crippen molar-refractivity contribution in [2.24, 2.45) is 0 Å². The fraction of sp³-hybridized carbons (Fsp3) is 1.00. The van der Waals surface area contributed by atoms with Crippen molar-refractivity contribution >= 4 is 10.0 Å². The van der Waals surface area contributed by atoms with E-state index in [0.717, 1.165) is 32.2 Å². The van der Waals surface area contributed by atoms with E-state index in [1.807, 2.05) is 4.90 Å². The van der Waals surface area contributed by atoms with E-state index in [-0.39, 0.29) is 12.6 Å². The first-order valence-electron chi connectivity index (χ1n) is 5.39. The minimum atomic E-state index is -3.13. The van der Waals surface area contributed by atoms with Gasteiger partial charge in [-0.25, -0.2) is 13.1 Å². The van der Waals surface area contributed by atoms with E-state index in [4.69, 9.17) is 5.11 Å². The van der Waals surface area contributed by atoms with Crippen LogP contribution >= 0.6 is 0 Å². The van der Waals surface area contributed by atoms with Gasteiger partial charge in [-0.2, -0.15) is 0 Å². The predicted octanol–water partition coefficient (Wildman–Crippen LogP) is -1.65. The highest BCUT2D eigenvalue weighted by Gasteiger charge is 2.22. The average molecular weight is 252 g/mol. The molecule has 0 unspecified atom stereocenters. The van der Waals surface area contributed by atoms with Gasteiger partial charge in [0.2, 0.25) is 10.0 Å². The maximum atomic E-state index is 11.0. The predicted molar refractivity (Wildman–Crippen MR) is 60.5 cm³/mol. The summed E-state index contributed by atoms with van der Waals surface area (Å²) in [5.41, 5.74) is 0. The van der Waals surface area contributed by atoms with E-state index < -0.39 is 16.1 Å². The lowest BCUT2D eigenvalue weighted by Gasteiger charge is -2.32. The number of likely N-dealkylation sites (tertiary alicyclic amines) is 1. The zero-order chi connectivity index (χ0) is 12.2. The molecule has 1 aliphatic heterocycles. The second kappa shape index (κ2) is 5.92. The summed E-state index contributed by atoms with van der Waals surface area (Å²) < 4.78 is 24.6. The molecule has 1 fully saturated rings. The van der Waals surface area contributed by atoms with Crippen molar-refractivity contribution < 1.29 is 18.6 Å². The van der Waals surface area contributed by atoms with E-state index in [1.54, 1.807) is 0 Å². The fourth-order valence-corrected chi connectivity index (χ4v) is 2.73. The molecule has 1 aliphatic rings. The number of nitrogens with one attached hydrogen (secondary N) is 1. The van der Waals surface area contributed by atoms with Crippen LogP contribution in [0.25, 0.3) is 0 Å². The molecule has 0 amide bonds. The minimum absolute atomic E-state index is 0.00230. The maximum absolute atomic E-state index is 11.0. The first kappa shape index (κ1) is 13.9. The minimum Gasteiger partial charge on any atom is -0.394 e. The molecule has 0 spiro atoms. The van der Waals surface area contributed by atoms with Crippen LogP contribution in [-0.4, -0.2) is 68.2 Å². The third-order valence-electron chi connectivity index (χ3n) is 2.65. The quantitative estimate of drug-likeness (QED) is 0.546. The van der Waals surface area contributed by atoms with Crippen LogP contribution in [0.3, 0.4) is 0 Å². The first-order chi connectivity index (χ1) is 7.40. The molecule has 0 aliphatic carbocycles. The lowest BCUT2D eigenvalue weighted by atomic mass is 10.1. The Labute approximate surface area is 96.3 Å². The molecule has 6 nitrogen and oxygen atoms in total.